The van der Waals surface area contributed by atoms with Gasteiger partial charge in [0.1, 0.15) is 0 Å². The van der Waals surface area contributed by atoms with Crippen molar-refractivity contribution in [3.05, 3.63) is 41.1 Å². The van der Waals surface area contributed by atoms with Gasteiger partial charge in [0.05, 0.1) is 30.3 Å². The lowest BCUT2D eigenvalue weighted by molar-refractivity contribution is -0.387. The first-order valence-corrected chi connectivity index (χ1v) is 5.96. The Bertz CT molecular complexity index is 744. The number of fused-ring (bicyclic) bond motifs is 1. The Hall–Kier alpha value is -1.31. The van der Waals surface area contributed by atoms with Crippen LogP contribution in [0.5, 0.6) is 5.75 Å². The van der Waals surface area contributed by atoms with Crippen molar-refractivity contribution in [1.29, 1.82) is 0 Å². The van der Waals surface area contributed by atoms with Gasteiger partial charge in [-0.2, -0.15) is 0 Å². The number of hydrogen-bond acceptors (Lipinski definition) is 4. The molecule has 0 fully saturated rings. The molecule has 94 valence electrons. The fourth-order valence-electron chi connectivity index (χ4n) is 1.50. The summed E-state index contributed by atoms with van der Waals surface area (Å²) in [5, 5.41) is 20.6. The summed E-state index contributed by atoms with van der Waals surface area (Å²) in [6.45, 7) is 0. The lowest BCUT2D eigenvalue weighted by Crippen LogP contribution is -2.11. The minimum absolute atomic E-state index is 0.0191. The van der Waals surface area contributed by atoms with Crippen molar-refractivity contribution >= 4 is 55.7 Å². The van der Waals surface area contributed by atoms with E-state index < -0.39 is 21.9 Å². The zero-order chi connectivity index (χ0) is 13.6. The molecule has 0 saturated carbocycles. The number of benzene rings is 1. The van der Waals surface area contributed by atoms with Crippen LogP contribution in [0.4, 0.5) is 5.69 Å². The second-order valence-corrected chi connectivity index (χ2v) is 4.90. The maximum atomic E-state index is 11.4. The molecule has 0 bridgehead atoms. The van der Waals surface area contributed by atoms with Gasteiger partial charge in [-0.1, -0.05) is 23.2 Å². The Balaban J connectivity index is 3.07. The first-order valence-electron chi connectivity index (χ1n) is 4.41. The molecule has 0 atom stereocenters. The largest absolute Gasteiger partial charge is 0.501 e. The average molecular weight is 354 g/mol. The Morgan fingerprint density at radius 1 is 1.44 bits per heavy atom. The van der Waals surface area contributed by atoms with Crippen LogP contribution in [0, 0.1) is 10.1 Å². The number of nitrogens with zero attached hydrogens (tertiary/aromatic N) is 1. The lowest BCUT2D eigenvalue weighted by atomic mass is 10.2. The summed E-state index contributed by atoms with van der Waals surface area (Å²) in [5.74, 6) is -0.791. The van der Waals surface area contributed by atoms with Crippen LogP contribution in [0.25, 0.3) is 10.9 Å². The van der Waals surface area contributed by atoms with Gasteiger partial charge in [0.25, 0.3) is 0 Å². The summed E-state index contributed by atoms with van der Waals surface area (Å²) in [7, 11) is 0. The molecule has 0 saturated heterocycles. The molecule has 1 heterocycles. The number of aromatic amines is 1. The van der Waals surface area contributed by atoms with E-state index in [0.29, 0.717) is 0 Å². The standard InChI is InChI=1S/C9H3BrCl2N2O4/c10-5-2(11)1-3-4(6(5)12)8(15)7(14(17)18)9(16)13-3/h1H,(H2,13,15,16). The zero-order valence-electron chi connectivity index (χ0n) is 8.33. The zero-order valence-corrected chi connectivity index (χ0v) is 11.4. The maximum absolute atomic E-state index is 11.4. The van der Waals surface area contributed by atoms with Crippen LogP contribution in [-0.4, -0.2) is 15.0 Å². The molecular weight excluding hydrogens is 351 g/mol. The third-order valence-corrected chi connectivity index (χ3v) is 4.23. The number of pyridine rings is 1. The highest BCUT2D eigenvalue weighted by atomic mass is 79.9. The summed E-state index contributed by atoms with van der Waals surface area (Å²) in [6, 6.07) is 1.33. The van der Waals surface area contributed by atoms with Gasteiger partial charge in [0, 0.05) is 0 Å². The van der Waals surface area contributed by atoms with Crippen LogP contribution in [0.3, 0.4) is 0 Å². The highest BCUT2D eigenvalue weighted by Gasteiger charge is 2.25. The highest BCUT2D eigenvalue weighted by Crippen LogP contribution is 2.41. The Morgan fingerprint density at radius 2 is 2.06 bits per heavy atom. The quantitative estimate of drug-likeness (QED) is 0.467. The summed E-state index contributed by atoms with van der Waals surface area (Å²) in [5.41, 5.74) is -1.88. The van der Waals surface area contributed by atoms with Gasteiger partial charge >= 0.3 is 11.2 Å². The first-order chi connectivity index (χ1) is 8.34. The van der Waals surface area contributed by atoms with Crippen molar-refractivity contribution in [2.24, 2.45) is 0 Å². The molecular formula is C9H3BrCl2N2O4. The normalized spacial score (nSPS) is 10.8. The van der Waals surface area contributed by atoms with Gasteiger partial charge in [0.2, 0.25) is 5.75 Å². The van der Waals surface area contributed by atoms with E-state index in [4.69, 9.17) is 23.2 Å². The van der Waals surface area contributed by atoms with Gasteiger partial charge in [-0.05, 0) is 22.0 Å². The number of hydrogen-bond donors (Lipinski definition) is 2. The number of aromatic nitrogens is 1. The first kappa shape index (κ1) is 13.1. The Kier molecular flexibility index (Phi) is 3.22. The maximum Gasteiger partial charge on any atom is 0.375 e. The molecule has 0 aliphatic heterocycles. The molecule has 2 rings (SSSR count). The van der Waals surface area contributed by atoms with E-state index in [1.807, 2.05) is 0 Å². The van der Waals surface area contributed by atoms with E-state index in [2.05, 4.69) is 20.9 Å². The van der Waals surface area contributed by atoms with Gasteiger partial charge in [0.15, 0.2) is 0 Å². The van der Waals surface area contributed by atoms with Crippen molar-refractivity contribution < 1.29 is 10.0 Å². The third kappa shape index (κ3) is 1.84. The smallest absolute Gasteiger partial charge is 0.375 e. The fourth-order valence-corrected chi connectivity index (χ4v) is 2.36. The number of rotatable bonds is 1. The van der Waals surface area contributed by atoms with E-state index in [9.17, 15) is 20.0 Å². The van der Waals surface area contributed by atoms with Crippen LogP contribution >= 0.6 is 39.1 Å². The summed E-state index contributed by atoms with van der Waals surface area (Å²) >= 11 is 14.8. The average Bonchev–Trinajstić information content (AvgIpc) is 2.24. The van der Waals surface area contributed by atoms with E-state index in [-0.39, 0.29) is 25.4 Å². The number of halogens is 3. The Morgan fingerprint density at radius 3 is 2.61 bits per heavy atom. The van der Waals surface area contributed by atoms with Crippen LogP contribution in [0.2, 0.25) is 10.0 Å². The highest BCUT2D eigenvalue weighted by molar-refractivity contribution is 9.10. The molecule has 9 heteroatoms. The molecule has 0 spiro atoms. The van der Waals surface area contributed by atoms with E-state index in [1.165, 1.54) is 6.07 Å². The van der Waals surface area contributed by atoms with Gasteiger partial charge in [-0.3, -0.25) is 14.9 Å². The molecule has 2 aromatic rings. The molecule has 0 unspecified atom stereocenters. The fraction of sp³-hybridized carbons (Fsp3) is 0. The number of aromatic hydroxyl groups is 1. The minimum atomic E-state index is -1.03. The summed E-state index contributed by atoms with van der Waals surface area (Å²) in [4.78, 5) is 23.4. The molecule has 0 aliphatic carbocycles. The van der Waals surface area contributed by atoms with Crippen molar-refractivity contribution in [3.8, 4) is 5.75 Å². The molecule has 1 aromatic heterocycles. The monoisotopic (exact) mass is 352 g/mol. The van der Waals surface area contributed by atoms with Crippen molar-refractivity contribution in [2.75, 3.05) is 0 Å². The minimum Gasteiger partial charge on any atom is -0.501 e. The van der Waals surface area contributed by atoms with Gasteiger partial charge < -0.3 is 10.1 Å². The van der Waals surface area contributed by atoms with Crippen molar-refractivity contribution in [1.82, 2.24) is 4.98 Å². The third-order valence-electron chi connectivity index (χ3n) is 2.27. The second-order valence-electron chi connectivity index (χ2n) is 3.32. The van der Waals surface area contributed by atoms with E-state index >= 15 is 0 Å². The molecule has 0 aliphatic rings. The molecule has 0 radical (unpaired) electrons. The molecule has 18 heavy (non-hydrogen) atoms. The van der Waals surface area contributed by atoms with Crippen LogP contribution in [-0.2, 0) is 0 Å². The number of nitrogens with one attached hydrogen (secondary N) is 1. The van der Waals surface area contributed by atoms with E-state index in [1.54, 1.807) is 0 Å². The summed E-state index contributed by atoms with van der Waals surface area (Å²) < 4.78 is 0.273. The van der Waals surface area contributed by atoms with Crippen LogP contribution in [0.1, 0.15) is 0 Å². The SMILES string of the molecule is O=c1[nH]c2cc(Cl)c(Br)c(Cl)c2c(O)c1[N+](=O)[O-]. The Labute approximate surface area is 117 Å². The van der Waals surface area contributed by atoms with Crippen molar-refractivity contribution in [2.45, 2.75) is 0 Å². The predicted molar refractivity (Wildman–Crippen MR) is 70.6 cm³/mol. The lowest BCUT2D eigenvalue weighted by Gasteiger charge is -2.07. The topological polar surface area (TPSA) is 96.2 Å². The van der Waals surface area contributed by atoms with Crippen LogP contribution < -0.4 is 5.56 Å². The van der Waals surface area contributed by atoms with E-state index in [0.717, 1.165) is 0 Å². The molecule has 6 nitrogen and oxygen atoms in total. The predicted octanol–water partition coefficient (Wildman–Crippen LogP) is 3.21. The van der Waals surface area contributed by atoms with Crippen LogP contribution in [0.15, 0.2) is 15.3 Å². The van der Waals surface area contributed by atoms with Crippen molar-refractivity contribution in [3.63, 3.8) is 0 Å². The summed E-state index contributed by atoms with van der Waals surface area (Å²) in [6.07, 6.45) is 0. The molecule has 0 amide bonds. The number of H-pyrrole nitrogens is 1. The number of nitro groups is 1. The van der Waals surface area contributed by atoms with Gasteiger partial charge in [-0.15, -0.1) is 0 Å². The molecule has 2 N–H and O–H groups in total. The second kappa shape index (κ2) is 4.42. The molecule has 1 aromatic carbocycles. The van der Waals surface area contributed by atoms with Gasteiger partial charge in [-0.25, -0.2) is 0 Å².